The van der Waals surface area contributed by atoms with Crippen LogP contribution in [-0.4, -0.2) is 30.8 Å². The van der Waals surface area contributed by atoms with Gasteiger partial charge in [-0.3, -0.25) is 9.59 Å². The smallest absolute Gasteiger partial charge is 0.266 e. The van der Waals surface area contributed by atoms with Gasteiger partial charge in [-0.1, -0.05) is 18.2 Å². The molecule has 5 rings (SSSR count). The predicted octanol–water partition coefficient (Wildman–Crippen LogP) is 4.12. The molecule has 0 saturated heterocycles. The first-order chi connectivity index (χ1) is 14.6. The van der Waals surface area contributed by atoms with Crippen LogP contribution in [-0.2, 0) is 27.2 Å². The Bertz CT molecular complexity index is 1230. The fourth-order valence-electron chi connectivity index (χ4n) is 4.10. The molecule has 2 aromatic carbocycles. The maximum Gasteiger partial charge on any atom is 0.525 e. The van der Waals surface area contributed by atoms with Gasteiger partial charge in [0.05, 0.1) is 11.1 Å². The van der Waals surface area contributed by atoms with E-state index in [1.165, 1.54) is 6.07 Å². The van der Waals surface area contributed by atoms with Crippen LogP contribution in [0.4, 0.5) is 13.2 Å². The van der Waals surface area contributed by atoms with Crippen molar-refractivity contribution in [1.82, 2.24) is 5.06 Å². The second kappa shape index (κ2) is 6.77. The van der Waals surface area contributed by atoms with Crippen molar-refractivity contribution >= 4 is 32.7 Å². The molecule has 2 amide bonds. The Balaban J connectivity index is 1.66. The number of carbonyl (C=O) groups is 2. The number of carbonyl (C=O) groups excluding carboxylic acids is 2. The lowest BCUT2D eigenvalue weighted by Crippen LogP contribution is -2.44. The third-order valence-corrected chi connectivity index (χ3v) is 6.95. The first-order valence-corrected chi connectivity index (χ1v) is 11.4. The van der Waals surface area contributed by atoms with Gasteiger partial charge >= 0.3 is 15.6 Å². The number of amides is 2. The van der Waals surface area contributed by atoms with Gasteiger partial charge in [-0.05, 0) is 72.9 Å². The summed E-state index contributed by atoms with van der Waals surface area (Å²) in [5.41, 5.74) is -4.23. The molecule has 0 atom stereocenters. The average Bonchev–Trinajstić information content (AvgIpc) is 3.60. The highest BCUT2D eigenvalue weighted by atomic mass is 32.2. The van der Waals surface area contributed by atoms with E-state index in [4.69, 9.17) is 0 Å². The van der Waals surface area contributed by atoms with Gasteiger partial charge in [0.1, 0.15) is 0 Å². The van der Waals surface area contributed by atoms with Crippen molar-refractivity contribution in [3.05, 3.63) is 46.5 Å². The van der Waals surface area contributed by atoms with E-state index in [2.05, 4.69) is 4.28 Å². The maximum atomic E-state index is 13.1. The normalized spacial score (nSPS) is 19.4. The number of hydrogen-bond donors (Lipinski definition) is 0. The zero-order valence-corrected chi connectivity index (χ0v) is 17.1. The third-order valence-electron chi connectivity index (χ3n) is 6.04. The summed E-state index contributed by atoms with van der Waals surface area (Å²) in [4.78, 5) is 26.0. The summed E-state index contributed by atoms with van der Waals surface area (Å²) >= 11 is 0. The Labute approximate surface area is 176 Å². The molecule has 2 aromatic rings. The number of rotatable bonds is 6. The van der Waals surface area contributed by atoms with E-state index in [9.17, 15) is 31.2 Å². The number of nitrogens with zero attached hydrogens (tertiary/aromatic N) is 1. The molecule has 10 heteroatoms. The monoisotopic (exact) mass is 453 g/mol. The fourth-order valence-corrected chi connectivity index (χ4v) is 4.51. The van der Waals surface area contributed by atoms with Crippen molar-refractivity contribution in [2.75, 3.05) is 0 Å². The minimum absolute atomic E-state index is 0.0424. The minimum atomic E-state index is -6.19. The van der Waals surface area contributed by atoms with Crippen molar-refractivity contribution < 1.29 is 35.5 Å². The Kier molecular flexibility index (Phi) is 4.46. The van der Waals surface area contributed by atoms with Crippen LogP contribution in [0.25, 0.3) is 10.8 Å². The van der Waals surface area contributed by atoms with Gasteiger partial charge in [-0.25, -0.2) is 0 Å². The van der Waals surface area contributed by atoms with Gasteiger partial charge in [0.25, 0.3) is 11.8 Å². The average molecular weight is 453 g/mol. The molecule has 0 bridgehead atoms. The molecule has 3 aliphatic rings. The molecule has 0 aromatic heterocycles. The summed E-state index contributed by atoms with van der Waals surface area (Å²) in [5, 5.41) is 0.797. The number of halogens is 3. The number of hydroxylamine groups is 2. The van der Waals surface area contributed by atoms with E-state index in [1.807, 2.05) is 6.07 Å². The molecule has 2 saturated carbocycles. The molecule has 31 heavy (non-hydrogen) atoms. The van der Waals surface area contributed by atoms with Crippen LogP contribution in [0.1, 0.15) is 57.5 Å². The lowest BCUT2D eigenvalue weighted by Gasteiger charge is -2.28. The molecular weight excluding hydrogens is 435 g/mol. The lowest BCUT2D eigenvalue weighted by molar-refractivity contribution is -0.0761. The van der Waals surface area contributed by atoms with E-state index in [0.717, 1.165) is 37.7 Å². The molecular formula is C21H18F3NO5S. The van der Waals surface area contributed by atoms with E-state index in [-0.39, 0.29) is 16.2 Å². The molecule has 1 heterocycles. The molecule has 2 aliphatic carbocycles. The molecule has 0 radical (unpaired) electrons. The Hall–Kier alpha value is -2.46. The number of alkyl halides is 3. The van der Waals surface area contributed by atoms with E-state index in [1.54, 1.807) is 12.1 Å². The van der Waals surface area contributed by atoms with Crippen LogP contribution in [0, 0.1) is 11.8 Å². The summed E-state index contributed by atoms with van der Waals surface area (Å²) in [6.07, 6.45) is 5.46. The first kappa shape index (κ1) is 20.4. The zero-order valence-electron chi connectivity index (χ0n) is 16.2. The molecule has 0 spiro atoms. The van der Waals surface area contributed by atoms with Crippen LogP contribution in [0.15, 0.2) is 24.3 Å². The molecule has 6 nitrogen and oxygen atoms in total. The highest BCUT2D eigenvalue weighted by molar-refractivity contribution is 7.87. The number of benzene rings is 2. The Morgan fingerprint density at radius 1 is 0.903 bits per heavy atom. The van der Waals surface area contributed by atoms with Crippen LogP contribution in [0.3, 0.4) is 0 Å². The van der Waals surface area contributed by atoms with E-state index in [0.29, 0.717) is 34.6 Å². The van der Waals surface area contributed by atoms with E-state index < -0.39 is 27.4 Å². The molecule has 164 valence electrons. The third kappa shape index (κ3) is 3.51. The SMILES string of the molecule is O=C1c2ccc(CC3CC3)c3ccc(CC4CC4)c(c23)C(=O)N1OS(=O)(=O)C(F)(F)F. The topological polar surface area (TPSA) is 80.8 Å². The zero-order chi connectivity index (χ0) is 22.1. The summed E-state index contributed by atoms with van der Waals surface area (Å²) < 4.78 is 65.6. The largest absolute Gasteiger partial charge is 0.525 e. The molecule has 0 N–H and O–H groups in total. The molecule has 2 fully saturated rings. The highest BCUT2D eigenvalue weighted by Crippen LogP contribution is 2.41. The quantitative estimate of drug-likeness (QED) is 0.486. The van der Waals surface area contributed by atoms with Gasteiger partial charge in [-0.2, -0.15) is 21.6 Å². The van der Waals surface area contributed by atoms with Crippen LogP contribution < -0.4 is 0 Å². The van der Waals surface area contributed by atoms with E-state index >= 15 is 0 Å². The van der Waals surface area contributed by atoms with Crippen LogP contribution >= 0.6 is 0 Å². The van der Waals surface area contributed by atoms with Gasteiger partial charge < -0.3 is 0 Å². The summed E-state index contributed by atoms with van der Waals surface area (Å²) in [5.74, 6) is -1.52. The number of hydrogen-bond acceptors (Lipinski definition) is 5. The first-order valence-electron chi connectivity index (χ1n) is 10.0. The number of imide groups is 1. The standard InChI is InChI=1S/C21H18F3NO5S/c22-21(23,24)31(28,29)30-25-19(26)16-8-5-13(9-11-1-2-11)15-7-6-14(10-12-3-4-12)17(18(15)16)20(25)27/h5-8,11-12H,1-4,9-10H2. The second-order valence-electron chi connectivity index (χ2n) is 8.47. The molecule has 0 unspecified atom stereocenters. The van der Waals surface area contributed by atoms with Crippen molar-refractivity contribution in [3.8, 4) is 0 Å². The van der Waals surface area contributed by atoms with Crippen molar-refractivity contribution in [2.45, 2.75) is 44.0 Å². The van der Waals surface area contributed by atoms with Crippen LogP contribution in [0.2, 0.25) is 0 Å². The van der Waals surface area contributed by atoms with Crippen molar-refractivity contribution in [3.63, 3.8) is 0 Å². The Morgan fingerprint density at radius 3 is 2.06 bits per heavy atom. The summed E-state index contributed by atoms with van der Waals surface area (Å²) in [6, 6.07) is 6.75. The van der Waals surface area contributed by atoms with Gasteiger partial charge in [-0.15, -0.1) is 9.35 Å². The fraction of sp³-hybridized carbons (Fsp3) is 0.429. The maximum absolute atomic E-state index is 13.1. The van der Waals surface area contributed by atoms with Crippen molar-refractivity contribution in [2.24, 2.45) is 11.8 Å². The van der Waals surface area contributed by atoms with Crippen LogP contribution in [0.5, 0.6) is 0 Å². The molecule has 1 aliphatic heterocycles. The second-order valence-corrected chi connectivity index (χ2v) is 9.99. The van der Waals surface area contributed by atoms with Gasteiger partial charge in [0, 0.05) is 5.39 Å². The summed E-state index contributed by atoms with van der Waals surface area (Å²) in [7, 11) is -6.19. The van der Waals surface area contributed by atoms with Gasteiger partial charge in [0.2, 0.25) is 0 Å². The predicted molar refractivity (Wildman–Crippen MR) is 103 cm³/mol. The minimum Gasteiger partial charge on any atom is -0.266 e. The highest BCUT2D eigenvalue weighted by Gasteiger charge is 2.52. The van der Waals surface area contributed by atoms with Crippen molar-refractivity contribution in [1.29, 1.82) is 0 Å². The Morgan fingerprint density at radius 2 is 1.48 bits per heavy atom. The summed E-state index contributed by atoms with van der Waals surface area (Å²) in [6.45, 7) is 0. The lowest BCUT2D eigenvalue weighted by atomic mass is 9.86. The van der Waals surface area contributed by atoms with Gasteiger partial charge in [0.15, 0.2) is 0 Å².